The van der Waals surface area contributed by atoms with Gasteiger partial charge in [-0.25, -0.2) is 0 Å². The summed E-state index contributed by atoms with van der Waals surface area (Å²) in [4.78, 5) is 26.6. The first-order valence-electron chi connectivity index (χ1n) is 8.68. The Kier molecular flexibility index (Phi) is 5.25. The van der Waals surface area contributed by atoms with Gasteiger partial charge in [0, 0.05) is 12.6 Å². The molecule has 7 nitrogen and oxygen atoms in total. The van der Waals surface area contributed by atoms with Crippen LogP contribution in [0.25, 0.3) is 0 Å². The Bertz CT molecular complexity index is 815. The molecule has 0 bridgehead atoms. The number of aryl methyl sites for hydroxylation is 3. The third-order valence-electron chi connectivity index (χ3n) is 4.60. The Hall–Kier alpha value is -2.83. The topological polar surface area (TPSA) is 84.7 Å². The Morgan fingerprint density at radius 2 is 2.08 bits per heavy atom. The zero-order chi connectivity index (χ0) is 18.7. The van der Waals surface area contributed by atoms with E-state index in [2.05, 4.69) is 10.5 Å². The van der Waals surface area contributed by atoms with Crippen molar-refractivity contribution >= 4 is 17.6 Å². The molecular formula is C19H23N3O4. The van der Waals surface area contributed by atoms with Crippen molar-refractivity contribution < 1.29 is 18.8 Å². The number of ether oxygens (including phenoxy) is 1. The van der Waals surface area contributed by atoms with Crippen LogP contribution in [0.2, 0.25) is 0 Å². The standard InChI is InChI=1S/C19H23N3O4/c1-12-6-7-15(9-13(12)2)25-11-18(23)22-8-4-5-16(22)19(24)20-17-10-14(3)26-21-17/h6-7,9-10,16H,4-5,8,11H2,1-3H3,(H,20,21,24)/t16-/m1/s1. The SMILES string of the molecule is Cc1cc(NC(=O)[C@H]2CCCN2C(=O)COc2ccc(C)c(C)c2)no1. The lowest BCUT2D eigenvalue weighted by atomic mass is 10.1. The molecule has 3 rings (SSSR count). The molecular weight excluding hydrogens is 334 g/mol. The number of benzene rings is 1. The average Bonchev–Trinajstić information content (AvgIpc) is 3.24. The van der Waals surface area contributed by atoms with Crippen molar-refractivity contribution in [1.29, 1.82) is 0 Å². The van der Waals surface area contributed by atoms with Gasteiger partial charge in [0.05, 0.1) is 0 Å². The van der Waals surface area contributed by atoms with Crippen LogP contribution in [0, 0.1) is 20.8 Å². The second-order valence-electron chi connectivity index (χ2n) is 6.59. The molecule has 1 aliphatic heterocycles. The van der Waals surface area contributed by atoms with E-state index in [1.54, 1.807) is 17.9 Å². The van der Waals surface area contributed by atoms with Crippen LogP contribution < -0.4 is 10.1 Å². The third kappa shape index (κ3) is 4.04. The average molecular weight is 357 g/mol. The molecule has 1 N–H and O–H groups in total. The lowest BCUT2D eigenvalue weighted by molar-refractivity contribution is -0.138. The maximum atomic E-state index is 12.5. The molecule has 26 heavy (non-hydrogen) atoms. The number of hydrogen-bond donors (Lipinski definition) is 1. The monoisotopic (exact) mass is 357 g/mol. The molecule has 2 heterocycles. The Morgan fingerprint density at radius 1 is 1.27 bits per heavy atom. The lowest BCUT2D eigenvalue weighted by Crippen LogP contribution is -2.45. The molecule has 0 spiro atoms. The fourth-order valence-electron chi connectivity index (χ4n) is 3.00. The number of nitrogens with one attached hydrogen (secondary N) is 1. The van der Waals surface area contributed by atoms with Crippen LogP contribution in [0.5, 0.6) is 5.75 Å². The number of anilines is 1. The van der Waals surface area contributed by atoms with Crippen molar-refractivity contribution in [3.8, 4) is 5.75 Å². The molecule has 0 saturated carbocycles. The van der Waals surface area contributed by atoms with E-state index in [1.807, 2.05) is 32.0 Å². The van der Waals surface area contributed by atoms with Gasteiger partial charge in [-0.15, -0.1) is 0 Å². The molecule has 1 atom stereocenters. The second kappa shape index (κ2) is 7.59. The van der Waals surface area contributed by atoms with E-state index in [0.29, 0.717) is 30.3 Å². The molecule has 0 aliphatic carbocycles. The van der Waals surface area contributed by atoms with Crippen LogP contribution in [0.3, 0.4) is 0 Å². The normalized spacial score (nSPS) is 16.6. The molecule has 2 aromatic rings. The summed E-state index contributed by atoms with van der Waals surface area (Å²) in [5.41, 5.74) is 2.28. The summed E-state index contributed by atoms with van der Waals surface area (Å²) >= 11 is 0. The number of hydrogen-bond acceptors (Lipinski definition) is 5. The molecule has 1 aromatic heterocycles. The fourth-order valence-corrected chi connectivity index (χ4v) is 3.00. The molecule has 7 heteroatoms. The van der Waals surface area contributed by atoms with Crippen molar-refractivity contribution in [2.45, 2.75) is 39.7 Å². The van der Waals surface area contributed by atoms with Crippen LogP contribution in [0.15, 0.2) is 28.8 Å². The van der Waals surface area contributed by atoms with E-state index >= 15 is 0 Å². The van der Waals surface area contributed by atoms with Crippen molar-refractivity contribution in [1.82, 2.24) is 10.1 Å². The van der Waals surface area contributed by atoms with Gasteiger partial charge in [-0.2, -0.15) is 0 Å². The third-order valence-corrected chi connectivity index (χ3v) is 4.60. The van der Waals surface area contributed by atoms with E-state index in [0.717, 1.165) is 12.0 Å². The van der Waals surface area contributed by atoms with E-state index in [1.165, 1.54) is 5.56 Å². The molecule has 0 unspecified atom stereocenters. The highest BCUT2D eigenvalue weighted by Gasteiger charge is 2.34. The van der Waals surface area contributed by atoms with E-state index in [-0.39, 0.29) is 18.4 Å². The van der Waals surface area contributed by atoms with Gasteiger partial charge in [-0.1, -0.05) is 11.2 Å². The molecule has 138 valence electrons. The van der Waals surface area contributed by atoms with Crippen LogP contribution in [-0.4, -0.2) is 41.1 Å². The van der Waals surface area contributed by atoms with Crippen LogP contribution in [-0.2, 0) is 9.59 Å². The molecule has 1 aromatic carbocycles. The highest BCUT2D eigenvalue weighted by atomic mass is 16.5. The summed E-state index contributed by atoms with van der Waals surface area (Å²) in [7, 11) is 0. The number of carbonyl (C=O) groups excluding carboxylic acids is 2. The minimum atomic E-state index is -0.511. The lowest BCUT2D eigenvalue weighted by Gasteiger charge is -2.23. The minimum Gasteiger partial charge on any atom is -0.484 e. The van der Waals surface area contributed by atoms with Gasteiger partial charge in [0.15, 0.2) is 12.4 Å². The molecule has 1 fully saturated rings. The van der Waals surface area contributed by atoms with Gasteiger partial charge in [-0.05, 0) is 56.9 Å². The number of aromatic nitrogens is 1. The smallest absolute Gasteiger partial charge is 0.261 e. The summed E-state index contributed by atoms with van der Waals surface area (Å²) in [5, 5.41) is 6.45. The number of nitrogens with zero attached hydrogens (tertiary/aromatic N) is 2. The van der Waals surface area contributed by atoms with E-state index < -0.39 is 6.04 Å². The quantitative estimate of drug-likeness (QED) is 0.889. The maximum Gasteiger partial charge on any atom is 0.261 e. The fraction of sp³-hybridized carbons (Fsp3) is 0.421. The highest BCUT2D eigenvalue weighted by Crippen LogP contribution is 2.21. The first-order valence-corrected chi connectivity index (χ1v) is 8.68. The maximum absolute atomic E-state index is 12.5. The summed E-state index contributed by atoms with van der Waals surface area (Å²) in [5.74, 6) is 1.17. The Balaban J connectivity index is 1.58. The first kappa shape index (κ1) is 18.0. The molecule has 0 radical (unpaired) electrons. The van der Waals surface area contributed by atoms with Gasteiger partial charge >= 0.3 is 0 Å². The minimum absolute atomic E-state index is 0.0879. The molecule has 2 amide bonds. The van der Waals surface area contributed by atoms with Crippen molar-refractivity contribution in [3.63, 3.8) is 0 Å². The van der Waals surface area contributed by atoms with Gasteiger partial charge in [0.1, 0.15) is 17.6 Å². The van der Waals surface area contributed by atoms with E-state index in [4.69, 9.17) is 9.26 Å². The summed E-state index contributed by atoms with van der Waals surface area (Å²) in [6.45, 7) is 6.23. The number of carbonyl (C=O) groups is 2. The molecule has 1 aliphatic rings. The number of rotatable bonds is 5. The van der Waals surface area contributed by atoms with Crippen LogP contribution >= 0.6 is 0 Å². The summed E-state index contributed by atoms with van der Waals surface area (Å²) < 4.78 is 10.6. The van der Waals surface area contributed by atoms with Gasteiger partial charge in [0.2, 0.25) is 5.91 Å². The van der Waals surface area contributed by atoms with Crippen molar-refractivity contribution in [3.05, 3.63) is 41.2 Å². The highest BCUT2D eigenvalue weighted by molar-refractivity contribution is 5.97. The largest absolute Gasteiger partial charge is 0.484 e. The van der Waals surface area contributed by atoms with Crippen LogP contribution in [0.1, 0.15) is 29.7 Å². The summed E-state index contributed by atoms with van der Waals surface area (Å²) in [6, 6.07) is 6.84. The first-order chi connectivity index (χ1) is 12.4. The Labute approximate surface area is 152 Å². The van der Waals surface area contributed by atoms with Crippen molar-refractivity contribution in [2.24, 2.45) is 0 Å². The second-order valence-corrected chi connectivity index (χ2v) is 6.59. The van der Waals surface area contributed by atoms with Gasteiger partial charge in [-0.3, -0.25) is 9.59 Å². The predicted molar refractivity (Wildman–Crippen MR) is 96.0 cm³/mol. The van der Waals surface area contributed by atoms with E-state index in [9.17, 15) is 9.59 Å². The summed E-state index contributed by atoms with van der Waals surface area (Å²) in [6.07, 6.45) is 1.41. The molecule has 1 saturated heterocycles. The van der Waals surface area contributed by atoms with Crippen molar-refractivity contribution in [2.75, 3.05) is 18.5 Å². The van der Waals surface area contributed by atoms with Crippen LogP contribution in [0.4, 0.5) is 5.82 Å². The number of likely N-dealkylation sites (tertiary alicyclic amines) is 1. The van der Waals surface area contributed by atoms with Gasteiger partial charge in [0.25, 0.3) is 5.91 Å². The number of amides is 2. The van der Waals surface area contributed by atoms with Gasteiger partial charge < -0.3 is 19.5 Å². The predicted octanol–water partition coefficient (Wildman–Crippen LogP) is 2.61. The zero-order valence-corrected chi connectivity index (χ0v) is 15.2. The zero-order valence-electron chi connectivity index (χ0n) is 15.2. The Morgan fingerprint density at radius 3 is 2.77 bits per heavy atom.